The van der Waals surface area contributed by atoms with Gasteiger partial charge in [0, 0.05) is 38.4 Å². The average Bonchev–Trinajstić information content (AvgIpc) is 2.42. The highest BCUT2D eigenvalue weighted by atomic mass is 16.4. The van der Waals surface area contributed by atoms with E-state index in [-0.39, 0.29) is 6.04 Å². The fourth-order valence-corrected chi connectivity index (χ4v) is 2.66. The molecule has 0 radical (unpaired) electrons. The van der Waals surface area contributed by atoms with Crippen LogP contribution in [0.25, 0.3) is 0 Å². The fourth-order valence-electron chi connectivity index (χ4n) is 2.66. The number of carboxylic acid groups (broad SMARTS) is 1. The normalized spacial score (nSPS) is 17.3. The molecule has 0 saturated carbocycles. The maximum absolute atomic E-state index is 11.1. The van der Waals surface area contributed by atoms with Gasteiger partial charge in [-0.2, -0.15) is 0 Å². The molecule has 104 valence electrons. The van der Waals surface area contributed by atoms with Crippen molar-refractivity contribution < 1.29 is 9.90 Å². The minimum absolute atomic E-state index is 0.169. The molecule has 19 heavy (non-hydrogen) atoms. The number of pyridine rings is 1. The van der Waals surface area contributed by atoms with E-state index in [1.54, 1.807) is 4.90 Å². The zero-order valence-corrected chi connectivity index (χ0v) is 11.3. The lowest BCUT2D eigenvalue weighted by Crippen LogP contribution is -2.46. The highest BCUT2D eigenvalue weighted by Gasteiger charge is 2.26. The smallest absolute Gasteiger partial charge is 0.407 e. The number of amides is 1. The van der Waals surface area contributed by atoms with E-state index in [4.69, 9.17) is 5.11 Å². The van der Waals surface area contributed by atoms with Crippen LogP contribution in [0.4, 0.5) is 4.79 Å². The molecule has 1 N–H and O–H groups in total. The summed E-state index contributed by atoms with van der Waals surface area (Å²) in [6.45, 7) is 5.19. The van der Waals surface area contributed by atoms with Gasteiger partial charge < -0.3 is 10.0 Å². The highest BCUT2D eigenvalue weighted by molar-refractivity contribution is 5.65. The number of aromatic nitrogens is 1. The molecule has 0 unspecified atom stereocenters. The van der Waals surface area contributed by atoms with Gasteiger partial charge in [-0.3, -0.25) is 9.88 Å². The number of piperidine rings is 1. The summed E-state index contributed by atoms with van der Waals surface area (Å²) in [5.41, 5.74) is 1.08. The summed E-state index contributed by atoms with van der Waals surface area (Å²) in [6, 6.07) is 6.12. The summed E-state index contributed by atoms with van der Waals surface area (Å²) < 4.78 is 0. The van der Waals surface area contributed by atoms with Crippen molar-refractivity contribution >= 4 is 6.09 Å². The summed E-state index contributed by atoms with van der Waals surface area (Å²) in [5, 5.41) is 9.13. The molecule has 1 saturated heterocycles. The topological polar surface area (TPSA) is 56.7 Å². The Morgan fingerprint density at radius 3 is 2.74 bits per heavy atom. The summed E-state index contributed by atoms with van der Waals surface area (Å²) in [6.07, 6.45) is 2.83. The molecule has 2 rings (SSSR count). The third-order valence-electron chi connectivity index (χ3n) is 3.70. The monoisotopic (exact) mass is 263 g/mol. The summed E-state index contributed by atoms with van der Waals surface area (Å²) in [4.78, 5) is 19.3. The van der Waals surface area contributed by atoms with Gasteiger partial charge in [-0.05, 0) is 31.9 Å². The molecular weight excluding hydrogens is 242 g/mol. The first-order chi connectivity index (χ1) is 9.20. The van der Waals surface area contributed by atoms with Crippen LogP contribution in [0, 0.1) is 0 Å². The van der Waals surface area contributed by atoms with Crippen molar-refractivity contribution in [2.24, 2.45) is 0 Å². The van der Waals surface area contributed by atoms with Crippen molar-refractivity contribution in [2.45, 2.75) is 32.4 Å². The van der Waals surface area contributed by atoms with Crippen LogP contribution in [0.5, 0.6) is 0 Å². The molecule has 1 fully saturated rings. The Morgan fingerprint density at radius 1 is 1.47 bits per heavy atom. The molecule has 5 heteroatoms. The van der Waals surface area contributed by atoms with Gasteiger partial charge in [-0.25, -0.2) is 4.79 Å². The van der Waals surface area contributed by atoms with E-state index in [1.165, 1.54) is 0 Å². The third-order valence-corrected chi connectivity index (χ3v) is 3.70. The first-order valence-electron chi connectivity index (χ1n) is 6.82. The van der Waals surface area contributed by atoms with Gasteiger partial charge >= 0.3 is 6.09 Å². The molecule has 1 aliphatic rings. The van der Waals surface area contributed by atoms with Gasteiger partial charge in [-0.15, -0.1) is 0 Å². The Hall–Kier alpha value is -1.62. The number of likely N-dealkylation sites (tertiary alicyclic amines) is 1. The maximum atomic E-state index is 11.1. The van der Waals surface area contributed by atoms with E-state index in [2.05, 4.69) is 9.88 Å². The second-order valence-electron chi connectivity index (χ2n) is 4.90. The molecule has 1 aromatic rings. The minimum atomic E-state index is -0.800. The van der Waals surface area contributed by atoms with Crippen LogP contribution in [0.3, 0.4) is 0 Å². The van der Waals surface area contributed by atoms with Gasteiger partial charge in [0.15, 0.2) is 0 Å². The van der Waals surface area contributed by atoms with Crippen molar-refractivity contribution in [1.29, 1.82) is 0 Å². The summed E-state index contributed by atoms with van der Waals surface area (Å²) in [5.74, 6) is 0. The fraction of sp³-hybridized carbons (Fsp3) is 0.571. The number of hydrogen-bond acceptors (Lipinski definition) is 3. The van der Waals surface area contributed by atoms with Crippen molar-refractivity contribution in [1.82, 2.24) is 14.8 Å². The number of nitrogens with zero attached hydrogens (tertiary/aromatic N) is 3. The van der Waals surface area contributed by atoms with Gasteiger partial charge in [0.05, 0.1) is 5.69 Å². The van der Waals surface area contributed by atoms with Crippen LogP contribution < -0.4 is 0 Å². The number of carbonyl (C=O) groups is 1. The van der Waals surface area contributed by atoms with E-state index >= 15 is 0 Å². The molecule has 2 heterocycles. The molecule has 0 atom stereocenters. The molecule has 0 bridgehead atoms. The minimum Gasteiger partial charge on any atom is -0.465 e. The predicted octanol–water partition coefficient (Wildman–Crippen LogP) is 2.05. The zero-order chi connectivity index (χ0) is 13.7. The largest absolute Gasteiger partial charge is 0.465 e. The average molecular weight is 263 g/mol. The van der Waals surface area contributed by atoms with Crippen LogP contribution in [0.15, 0.2) is 24.4 Å². The highest BCUT2D eigenvalue weighted by Crippen LogP contribution is 2.18. The second-order valence-corrected chi connectivity index (χ2v) is 4.90. The van der Waals surface area contributed by atoms with Gasteiger partial charge in [0.1, 0.15) is 0 Å². The second kappa shape index (κ2) is 6.52. The molecule has 1 amide bonds. The van der Waals surface area contributed by atoms with E-state index < -0.39 is 6.09 Å². The third kappa shape index (κ3) is 3.67. The molecule has 0 aromatic carbocycles. The van der Waals surface area contributed by atoms with Crippen LogP contribution in [-0.2, 0) is 6.54 Å². The van der Waals surface area contributed by atoms with Crippen LogP contribution in [0.2, 0.25) is 0 Å². The van der Waals surface area contributed by atoms with E-state index in [0.29, 0.717) is 6.54 Å². The Balaban J connectivity index is 1.84. The van der Waals surface area contributed by atoms with Crippen molar-refractivity contribution in [2.75, 3.05) is 19.6 Å². The first-order valence-corrected chi connectivity index (χ1v) is 6.82. The zero-order valence-electron chi connectivity index (χ0n) is 11.3. The molecule has 1 aliphatic heterocycles. The number of hydrogen-bond donors (Lipinski definition) is 1. The van der Waals surface area contributed by atoms with Crippen molar-refractivity contribution in [3.8, 4) is 0 Å². The van der Waals surface area contributed by atoms with Crippen LogP contribution in [-0.4, -0.2) is 51.7 Å². The number of rotatable bonds is 4. The molecule has 5 nitrogen and oxygen atoms in total. The Kier molecular flexibility index (Phi) is 4.74. The SMILES string of the molecule is CCN(C(=O)O)C1CCN(Cc2ccccn2)CC1. The first kappa shape index (κ1) is 13.8. The Bertz CT molecular complexity index is 402. The Morgan fingerprint density at radius 2 is 2.21 bits per heavy atom. The summed E-state index contributed by atoms with van der Waals surface area (Å²) in [7, 11) is 0. The lowest BCUT2D eigenvalue weighted by atomic mass is 10.0. The van der Waals surface area contributed by atoms with Crippen molar-refractivity contribution in [3.05, 3.63) is 30.1 Å². The van der Waals surface area contributed by atoms with Crippen LogP contribution in [0.1, 0.15) is 25.5 Å². The Labute approximate surface area is 113 Å². The van der Waals surface area contributed by atoms with E-state index in [9.17, 15) is 4.79 Å². The van der Waals surface area contributed by atoms with Crippen LogP contribution >= 0.6 is 0 Å². The lowest BCUT2D eigenvalue weighted by Gasteiger charge is -2.36. The van der Waals surface area contributed by atoms with Gasteiger partial charge in [0.25, 0.3) is 0 Å². The standard InChI is InChI=1S/C14H21N3O2/c1-2-17(14(18)19)13-6-9-16(10-7-13)11-12-5-3-4-8-15-12/h3-5,8,13H,2,6-7,9-11H2,1H3,(H,18,19). The summed E-state index contributed by atoms with van der Waals surface area (Å²) >= 11 is 0. The molecule has 0 aliphatic carbocycles. The van der Waals surface area contributed by atoms with E-state index in [0.717, 1.165) is 38.2 Å². The van der Waals surface area contributed by atoms with Gasteiger partial charge in [0.2, 0.25) is 0 Å². The quantitative estimate of drug-likeness (QED) is 0.903. The van der Waals surface area contributed by atoms with E-state index in [1.807, 2.05) is 31.3 Å². The maximum Gasteiger partial charge on any atom is 0.407 e. The lowest BCUT2D eigenvalue weighted by molar-refractivity contribution is 0.0913. The predicted molar refractivity (Wildman–Crippen MR) is 72.9 cm³/mol. The molecular formula is C14H21N3O2. The molecule has 1 aromatic heterocycles. The van der Waals surface area contributed by atoms with Gasteiger partial charge in [-0.1, -0.05) is 6.07 Å². The van der Waals surface area contributed by atoms with Crippen molar-refractivity contribution in [3.63, 3.8) is 0 Å². The molecule has 0 spiro atoms.